The molecule has 1 aliphatic heterocycles. The van der Waals surface area contributed by atoms with Crippen molar-refractivity contribution in [3.63, 3.8) is 0 Å². The molecule has 3 rings (SSSR count). The quantitative estimate of drug-likeness (QED) is 0.812. The van der Waals surface area contributed by atoms with Gasteiger partial charge in [0.1, 0.15) is 5.75 Å². The molecule has 1 aromatic carbocycles. The predicted molar refractivity (Wildman–Crippen MR) is 72.3 cm³/mol. The van der Waals surface area contributed by atoms with Gasteiger partial charge in [-0.25, -0.2) is 0 Å². The molecule has 6 nitrogen and oxygen atoms in total. The van der Waals surface area contributed by atoms with Crippen LogP contribution in [-0.2, 0) is 11.8 Å². The molecule has 0 bridgehead atoms. The van der Waals surface area contributed by atoms with Crippen LogP contribution in [0, 0.1) is 0 Å². The van der Waals surface area contributed by atoms with E-state index in [1.165, 1.54) is 11.8 Å². The molecule has 0 spiro atoms. The molecule has 3 N–H and O–H groups in total. The number of carbonyl (C=O) groups is 1. The van der Waals surface area contributed by atoms with E-state index in [4.69, 9.17) is 10.5 Å². The first-order valence-electron chi connectivity index (χ1n) is 5.64. The van der Waals surface area contributed by atoms with Gasteiger partial charge in [-0.3, -0.25) is 9.48 Å². The number of aromatic nitrogens is 2. The second-order valence-corrected chi connectivity index (χ2v) is 5.29. The minimum atomic E-state index is -0.158. The molecule has 0 radical (unpaired) electrons. The third-order valence-electron chi connectivity index (χ3n) is 2.65. The van der Waals surface area contributed by atoms with Gasteiger partial charge in [0.15, 0.2) is 6.61 Å². The molecule has 0 atom stereocenters. The van der Waals surface area contributed by atoms with E-state index in [1.54, 1.807) is 16.9 Å². The van der Waals surface area contributed by atoms with E-state index in [2.05, 4.69) is 10.4 Å². The van der Waals surface area contributed by atoms with Gasteiger partial charge in [-0.15, -0.1) is 0 Å². The van der Waals surface area contributed by atoms with Crippen molar-refractivity contribution >= 4 is 29.0 Å². The molecule has 19 heavy (non-hydrogen) atoms. The van der Waals surface area contributed by atoms with E-state index in [9.17, 15) is 4.79 Å². The minimum absolute atomic E-state index is 0.0293. The summed E-state index contributed by atoms with van der Waals surface area (Å²) in [6, 6.07) is 3.55. The van der Waals surface area contributed by atoms with Gasteiger partial charge in [-0.2, -0.15) is 5.10 Å². The van der Waals surface area contributed by atoms with E-state index in [1.807, 2.05) is 19.3 Å². The maximum Gasteiger partial charge on any atom is 0.262 e. The Morgan fingerprint density at radius 1 is 1.53 bits per heavy atom. The fourth-order valence-electron chi connectivity index (χ4n) is 1.79. The number of nitrogens with two attached hydrogens (primary N) is 1. The molecular formula is C12H12N4O2S. The molecule has 0 unspecified atom stereocenters. The molecule has 1 amide bonds. The number of ether oxygens (including phenoxy) is 1. The molecule has 2 aromatic rings. The Bertz CT molecular complexity index is 653. The lowest BCUT2D eigenvalue weighted by molar-refractivity contribution is -0.118. The third-order valence-corrected chi connectivity index (χ3v) is 3.67. The second kappa shape index (κ2) is 4.51. The molecule has 0 fully saturated rings. The van der Waals surface area contributed by atoms with Crippen molar-refractivity contribution in [3.8, 4) is 5.75 Å². The average Bonchev–Trinajstić information content (AvgIpc) is 2.76. The first kappa shape index (κ1) is 11.9. The zero-order valence-corrected chi connectivity index (χ0v) is 11.0. The van der Waals surface area contributed by atoms with Crippen LogP contribution in [0.4, 0.5) is 11.4 Å². The summed E-state index contributed by atoms with van der Waals surface area (Å²) in [6.45, 7) is 0.0293. The zero-order valence-electron chi connectivity index (χ0n) is 10.2. The minimum Gasteiger partial charge on any atom is -0.482 e. The summed E-state index contributed by atoms with van der Waals surface area (Å²) in [5, 5.41) is 6.87. The number of rotatable bonds is 2. The molecule has 0 aliphatic carbocycles. The lowest BCUT2D eigenvalue weighted by atomic mass is 10.2. The fraction of sp³-hybridized carbons (Fsp3) is 0.167. The second-order valence-electron chi connectivity index (χ2n) is 4.17. The number of hydrogen-bond donors (Lipinski definition) is 2. The summed E-state index contributed by atoms with van der Waals surface area (Å²) >= 11 is 1.49. The van der Waals surface area contributed by atoms with Crippen LogP contribution in [0.5, 0.6) is 5.75 Å². The summed E-state index contributed by atoms with van der Waals surface area (Å²) in [4.78, 5) is 13.1. The predicted octanol–water partition coefficient (Wildman–Crippen LogP) is 1.48. The van der Waals surface area contributed by atoms with Gasteiger partial charge in [-0.1, -0.05) is 11.8 Å². The first-order valence-corrected chi connectivity index (χ1v) is 6.46. The summed E-state index contributed by atoms with van der Waals surface area (Å²) in [6.07, 6.45) is 3.66. The van der Waals surface area contributed by atoms with Crippen molar-refractivity contribution in [3.05, 3.63) is 24.5 Å². The lowest BCUT2D eigenvalue weighted by Crippen LogP contribution is -2.25. The molecule has 1 aromatic heterocycles. The Labute approximate surface area is 113 Å². The molecule has 0 saturated carbocycles. The standard InChI is InChI=1S/C12H12N4O2S/c1-16-5-7(4-14-16)19-11-3-9-10(2-8(11)13)18-6-12(17)15-9/h2-5H,6,13H2,1H3,(H,15,17). The van der Waals surface area contributed by atoms with E-state index < -0.39 is 0 Å². The van der Waals surface area contributed by atoms with Crippen LogP contribution in [0.2, 0.25) is 0 Å². The Morgan fingerprint density at radius 2 is 2.37 bits per heavy atom. The van der Waals surface area contributed by atoms with Crippen molar-refractivity contribution in [1.29, 1.82) is 0 Å². The first-order chi connectivity index (χ1) is 9.11. The van der Waals surface area contributed by atoms with Crippen LogP contribution in [0.3, 0.4) is 0 Å². The number of anilines is 2. The van der Waals surface area contributed by atoms with Crippen molar-refractivity contribution in [2.75, 3.05) is 17.7 Å². The number of aryl methyl sites for hydroxylation is 1. The number of amides is 1. The van der Waals surface area contributed by atoms with Gasteiger partial charge in [0.25, 0.3) is 5.91 Å². The number of carbonyl (C=O) groups excluding carboxylic acids is 1. The van der Waals surface area contributed by atoms with E-state index >= 15 is 0 Å². The van der Waals surface area contributed by atoms with E-state index in [-0.39, 0.29) is 12.5 Å². The Hall–Kier alpha value is -2.15. The monoisotopic (exact) mass is 276 g/mol. The van der Waals surface area contributed by atoms with Crippen molar-refractivity contribution < 1.29 is 9.53 Å². The maximum atomic E-state index is 11.3. The highest BCUT2D eigenvalue weighted by atomic mass is 32.2. The molecule has 7 heteroatoms. The zero-order chi connectivity index (χ0) is 13.4. The Morgan fingerprint density at radius 3 is 3.11 bits per heavy atom. The van der Waals surface area contributed by atoms with Gasteiger partial charge in [-0.05, 0) is 6.07 Å². The number of nitrogens with zero attached hydrogens (tertiary/aromatic N) is 2. The fourth-order valence-corrected chi connectivity index (χ4v) is 2.70. The van der Waals surface area contributed by atoms with Crippen molar-refractivity contribution in [1.82, 2.24) is 9.78 Å². The number of nitrogen functional groups attached to an aromatic ring is 1. The van der Waals surface area contributed by atoms with Crippen LogP contribution in [0.25, 0.3) is 0 Å². The number of benzene rings is 1. The Balaban J connectivity index is 1.93. The third kappa shape index (κ3) is 2.37. The lowest BCUT2D eigenvalue weighted by Gasteiger charge is -2.19. The maximum absolute atomic E-state index is 11.3. The summed E-state index contributed by atoms with van der Waals surface area (Å²) in [7, 11) is 1.86. The molecule has 1 aliphatic rings. The largest absolute Gasteiger partial charge is 0.482 e. The van der Waals surface area contributed by atoms with Crippen LogP contribution >= 0.6 is 11.8 Å². The van der Waals surface area contributed by atoms with Gasteiger partial charge < -0.3 is 15.8 Å². The van der Waals surface area contributed by atoms with Crippen LogP contribution in [-0.4, -0.2) is 22.3 Å². The average molecular weight is 276 g/mol. The highest BCUT2D eigenvalue weighted by Gasteiger charge is 2.18. The number of fused-ring (bicyclic) bond motifs is 1. The normalized spacial score (nSPS) is 13.6. The van der Waals surface area contributed by atoms with Crippen molar-refractivity contribution in [2.24, 2.45) is 7.05 Å². The molecular weight excluding hydrogens is 264 g/mol. The highest BCUT2D eigenvalue weighted by Crippen LogP contribution is 2.39. The van der Waals surface area contributed by atoms with Crippen molar-refractivity contribution in [2.45, 2.75) is 9.79 Å². The van der Waals surface area contributed by atoms with Gasteiger partial charge in [0.2, 0.25) is 0 Å². The number of hydrogen-bond acceptors (Lipinski definition) is 5. The van der Waals surface area contributed by atoms with Crippen LogP contribution in [0.15, 0.2) is 34.3 Å². The highest BCUT2D eigenvalue weighted by molar-refractivity contribution is 7.99. The SMILES string of the molecule is Cn1cc(Sc2cc3c(cc2N)OCC(=O)N3)cn1. The smallest absolute Gasteiger partial charge is 0.262 e. The molecule has 2 heterocycles. The van der Waals surface area contributed by atoms with E-state index in [0.717, 1.165) is 9.79 Å². The van der Waals surface area contributed by atoms with Crippen LogP contribution < -0.4 is 15.8 Å². The Kier molecular flexibility index (Phi) is 2.83. The van der Waals surface area contributed by atoms with Gasteiger partial charge in [0.05, 0.1) is 16.8 Å². The molecule has 98 valence electrons. The number of nitrogens with one attached hydrogen (secondary N) is 1. The topological polar surface area (TPSA) is 82.2 Å². The summed E-state index contributed by atoms with van der Waals surface area (Å²) in [5.74, 6) is 0.447. The van der Waals surface area contributed by atoms with Crippen LogP contribution in [0.1, 0.15) is 0 Å². The van der Waals surface area contributed by atoms with E-state index in [0.29, 0.717) is 17.1 Å². The van der Waals surface area contributed by atoms with Gasteiger partial charge >= 0.3 is 0 Å². The summed E-state index contributed by atoms with van der Waals surface area (Å²) < 4.78 is 7.03. The molecule has 0 saturated heterocycles. The summed E-state index contributed by atoms with van der Waals surface area (Å²) in [5.41, 5.74) is 7.26. The van der Waals surface area contributed by atoms with Gasteiger partial charge in [0, 0.05) is 29.9 Å².